The maximum atomic E-state index is 12.1. The van der Waals surface area contributed by atoms with E-state index in [1.165, 1.54) is 34.4 Å². The van der Waals surface area contributed by atoms with Crippen LogP contribution in [0.5, 0.6) is 0 Å². The lowest BCUT2D eigenvalue weighted by Gasteiger charge is -2.14. The summed E-state index contributed by atoms with van der Waals surface area (Å²) in [5, 5.41) is 7.78. The highest BCUT2D eigenvalue weighted by atomic mass is 32.2. The molecular weight excluding hydrogens is 424 g/mol. The summed E-state index contributed by atoms with van der Waals surface area (Å²) in [6.07, 6.45) is -0.0487. The molecule has 3 aromatic rings. The third-order valence-corrected chi connectivity index (χ3v) is 6.21. The van der Waals surface area contributed by atoms with Crippen molar-refractivity contribution in [2.24, 2.45) is 5.14 Å². The van der Waals surface area contributed by atoms with Crippen LogP contribution in [0.4, 0.5) is 4.79 Å². The molecule has 3 aromatic carbocycles. The Balaban J connectivity index is 1.27. The number of carbonyl (C=O) groups excluding carboxylic acids is 1. The first-order valence-electron chi connectivity index (χ1n) is 10.1. The SMILES string of the molecule is NS(=O)(=O)c1ccc(C#CCCNC(=O)OCC2c3ccccc3-c3ccccc32)cc1. The van der Waals surface area contributed by atoms with E-state index in [-0.39, 0.29) is 17.4 Å². The highest BCUT2D eigenvalue weighted by Gasteiger charge is 2.28. The highest BCUT2D eigenvalue weighted by Crippen LogP contribution is 2.44. The van der Waals surface area contributed by atoms with Gasteiger partial charge in [-0.25, -0.2) is 18.4 Å². The van der Waals surface area contributed by atoms with Gasteiger partial charge < -0.3 is 10.1 Å². The summed E-state index contributed by atoms with van der Waals surface area (Å²) in [7, 11) is -3.71. The van der Waals surface area contributed by atoms with Gasteiger partial charge in [0.1, 0.15) is 6.61 Å². The van der Waals surface area contributed by atoms with Crippen molar-refractivity contribution in [3.05, 3.63) is 89.5 Å². The van der Waals surface area contributed by atoms with Crippen molar-refractivity contribution in [3.63, 3.8) is 0 Å². The van der Waals surface area contributed by atoms with E-state index in [2.05, 4.69) is 41.4 Å². The van der Waals surface area contributed by atoms with Crippen molar-refractivity contribution < 1.29 is 17.9 Å². The topological polar surface area (TPSA) is 98.5 Å². The smallest absolute Gasteiger partial charge is 0.407 e. The molecule has 4 rings (SSSR count). The largest absolute Gasteiger partial charge is 0.449 e. The van der Waals surface area contributed by atoms with Crippen LogP contribution in [0.3, 0.4) is 0 Å². The number of fused-ring (bicyclic) bond motifs is 3. The minimum atomic E-state index is -3.71. The number of alkyl carbamates (subject to hydrolysis) is 1. The number of rotatable bonds is 5. The van der Waals surface area contributed by atoms with E-state index in [0.717, 1.165) is 0 Å². The molecule has 6 nitrogen and oxygen atoms in total. The Kier molecular flexibility index (Phi) is 6.26. The average Bonchev–Trinajstić information content (AvgIpc) is 3.11. The Bertz CT molecular complexity index is 1260. The third kappa shape index (κ3) is 4.83. The lowest BCUT2D eigenvalue weighted by molar-refractivity contribution is 0.143. The standard InChI is InChI=1S/C25H22N2O4S/c26-32(29,30)19-14-12-18(13-15-19)7-5-6-16-27-25(28)31-17-24-22-10-3-1-8-20(22)21-9-2-4-11-23(21)24/h1-4,8-15,24H,6,16-17H2,(H,27,28)(H2,26,29,30). The molecule has 0 saturated carbocycles. The maximum absolute atomic E-state index is 12.1. The number of carbonyl (C=O) groups is 1. The molecule has 7 heteroatoms. The summed E-state index contributed by atoms with van der Waals surface area (Å²) >= 11 is 0. The van der Waals surface area contributed by atoms with Gasteiger partial charge in [0.2, 0.25) is 10.0 Å². The molecule has 162 valence electrons. The zero-order valence-corrected chi connectivity index (χ0v) is 18.1. The van der Waals surface area contributed by atoms with Gasteiger partial charge in [0.05, 0.1) is 4.90 Å². The van der Waals surface area contributed by atoms with E-state index >= 15 is 0 Å². The van der Waals surface area contributed by atoms with Gasteiger partial charge in [-0.1, -0.05) is 60.4 Å². The van der Waals surface area contributed by atoms with Crippen molar-refractivity contribution in [2.75, 3.05) is 13.2 Å². The van der Waals surface area contributed by atoms with Gasteiger partial charge in [-0.15, -0.1) is 0 Å². The highest BCUT2D eigenvalue weighted by molar-refractivity contribution is 7.89. The van der Waals surface area contributed by atoms with Crippen LogP contribution < -0.4 is 10.5 Å². The second-order valence-electron chi connectivity index (χ2n) is 7.37. The van der Waals surface area contributed by atoms with E-state index in [1.54, 1.807) is 12.1 Å². The number of hydrogen-bond donors (Lipinski definition) is 2. The Morgan fingerprint density at radius 1 is 0.938 bits per heavy atom. The minimum absolute atomic E-state index is 0.0215. The maximum Gasteiger partial charge on any atom is 0.407 e. The first kappa shape index (κ1) is 21.6. The van der Waals surface area contributed by atoms with E-state index < -0.39 is 16.1 Å². The van der Waals surface area contributed by atoms with Gasteiger partial charge in [0.15, 0.2) is 0 Å². The zero-order chi connectivity index (χ0) is 22.6. The van der Waals surface area contributed by atoms with Crippen LogP contribution >= 0.6 is 0 Å². The predicted molar refractivity (Wildman–Crippen MR) is 122 cm³/mol. The Morgan fingerprint density at radius 2 is 1.53 bits per heavy atom. The first-order valence-corrected chi connectivity index (χ1v) is 11.7. The molecule has 0 unspecified atom stereocenters. The number of primary sulfonamides is 1. The third-order valence-electron chi connectivity index (χ3n) is 5.28. The van der Waals surface area contributed by atoms with Gasteiger partial charge in [0.25, 0.3) is 0 Å². The molecule has 0 aliphatic heterocycles. The molecule has 0 heterocycles. The number of hydrogen-bond acceptors (Lipinski definition) is 4. The number of nitrogens with one attached hydrogen (secondary N) is 1. The van der Waals surface area contributed by atoms with Gasteiger partial charge in [0, 0.05) is 24.4 Å². The van der Waals surface area contributed by atoms with E-state index in [9.17, 15) is 13.2 Å². The summed E-state index contributed by atoms with van der Waals surface area (Å²) in [6.45, 7) is 0.612. The molecule has 1 aliphatic rings. The molecule has 0 saturated heterocycles. The van der Waals surface area contributed by atoms with E-state index in [0.29, 0.717) is 18.5 Å². The number of sulfonamides is 1. The number of benzene rings is 3. The molecule has 0 bridgehead atoms. The van der Waals surface area contributed by atoms with Crippen LogP contribution in [0.25, 0.3) is 11.1 Å². The molecule has 0 fully saturated rings. The van der Waals surface area contributed by atoms with Crippen molar-refractivity contribution in [3.8, 4) is 23.0 Å². The van der Waals surface area contributed by atoms with Crippen LogP contribution in [0.1, 0.15) is 29.0 Å². The summed E-state index contributed by atoms with van der Waals surface area (Å²) < 4.78 is 28.0. The van der Waals surface area contributed by atoms with Gasteiger partial charge in [-0.05, 0) is 46.5 Å². The predicted octanol–water partition coefficient (Wildman–Crippen LogP) is 3.61. The monoisotopic (exact) mass is 446 g/mol. The van der Waals surface area contributed by atoms with E-state index in [4.69, 9.17) is 9.88 Å². The summed E-state index contributed by atoms with van der Waals surface area (Å²) in [4.78, 5) is 12.2. The van der Waals surface area contributed by atoms with Crippen LogP contribution in [-0.2, 0) is 14.8 Å². The second-order valence-corrected chi connectivity index (χ2v) is 8.93. The molecular formula is C25H22N2O4S. The Morgan fingerprint density at radius 3 is 2.12 bits per heavy atom. The van der Waals surface area contributed by atoms with Gasteiger partial charge in [-0.3, -0.25) is 0 Å². The fourth-order valence-corrected chi connectivity index (χ4v) is 4.28. The van der Waals surface area contributed by atoms with Crippen molar-refractivity contribution in [1.82, 2.24) is 5.32 Å². The zero-order valence-electron chi connectivity index (χ0n) is 17.2. The summed E-state index contributed by atoms with van der Waals surface area (Å²) in [6, 6.07) is 22.4. The second kappa shape index (κ2) is 9.27. The van der Waals surface area contributed by atoms with Crippen molar-refractivity contribution in [1.29, 1.82) is 0 Å². The first-order chi connectivity index (χ1) is 15.4. The fourth-order valence-electron chi connectivity index (χ4n) is 3.77. The van der Waals surface area contributed by atoms with Crippen molar-refractivity contribution >= 4 is 16.1 Å². The van der Waals surface area contributed by atoms with Gasteiger partial charge >= 0.3 is 6.09 Å². The van der Waals surface area contributed by atoms with Crippen LogP contribution in [-0.4, -0.2) is 27.7 Å². The van der Waals surface area contributed by atoms with Crippen LogP contribution in [0, 0.1) is 11.8 Å². The Hall–Kier alpha value is -3.60. The molecule has 0 spiro atoms. The van der Waals surface area contributed by atoms with Gasteiger partial charge in [-0.2, -0.15) is 0 Å². The molecule has 0 atom stereocenters. The van der Waals surface area contributed by atoms with E-state index in [1.807, 2.05) is 24.3 Å². The summed E-state index contributed by atoms with van der Waals surface area (Å²) in [5.41, 5.74) is 5.37. The molecule has 32 heavy (non-hydrogen) atoms. The Labute approximate surface area is 187 Å². The molecule has 0 radical (unpaired) electrons. The average molecular weight is 447 g/mol. The molecule has 3 N–H and O–H groups in total. The van der Waals surface area contributed by atoms with Crippen molar-refractivity contribution in [2.45, 2.75) is 17.2 Å². The number of ether oxygens (including phenoxy) is 1. The number of amides is 1. The van der Waals surface area contributed by atoms with Crippen LogP contribution in [0.2, 0.25) is 0 Å². The fraction of sp³-hybridized carbons (Fsp3) is 0.160. The lowest BCUT2D eigenvalue weighted by Crippen LogP contribution is -2.26. The summed E-state index contributed by atoms with van der Waals surface area (Å²) in [5.74, 6) is 5.88. The lowest BCUT2D eigenvalue weighted by atomic mass is 9.98. The number of nitrogens with two attached hydrogens (primary N) is 1. The molecule has 1 aliphatic carbocycles. The van der Waals surface area contributed by atoms with Crippen LogP contribution in [0.15, 0.2) is 77.7 Å². The quantitative estimate of drug-likeness (QED) is 0.462. The normalized spacial score (nSPS) is 12.3. The molecule has 0 aromatic heterocycles. The molecule has 1 amide bonds. The minimum Gasteiger partial charge on any atom is -0.449 e.